The Hall–Kier alpha value is -7.05. The Morgan fingerprint density at radius 2 is 0.922 bits per heavy atom. The van der Waals surface area contributed by atoms with Crippen LogP contribution in [-0.4, -0.2) is 19.5 Å². The molecule has 6 nitrogen and oxygen atoms in total. The van der Waals surface area contributed by atoms with Crippen molar-refractivity contribution in [2.45, 2.75) is 0 Å². The van der Waals surface area contributed by atoms with Crippen LogP contribution in [0.1, 0.15) is 0 Å². The van der Waals surface area contributed by atoms with Gasteiger partial charge < -0.3 is 8.83 Å². The van der Waals surface area contributed by atoms with Crippen LogP contribution < -0.4 is 0 Å². The number of furan rings is 2. The van der Waals surface area contributed by atoms with Crippen molar-refractivity contribution < 1.29 is 8.83 Å². The largest absolute Gasteiger partial charge is 0.456 e. The SMILES string of the molecule is c1ccc2c(c1)oc1cc(-c3nc(-c4cccc5oc6ccccc6c45)nc(-n4c5cccc6c7ccccc7c7cccc4c7c65)n3)ccc12. The molecule has 0 radical (unpaired) electrons. The Kier molecular flexibility index (Phi) is 5.14. The second-order valence-corrected chi connectivity index (χ2v) is 13.1. The minimum atomic E-state index is 0.546. The van der Waals surface area contributed by atoms with E-state index in [1.54, 1.807) is 0 Å². The molecular formula is C45H24N4O2. The smallest absolute Gasteiger partial charge is 0.238 e. The highest BCUT2D eigenvalue weighted by Crippen LogP contribution is 2.44. The van der Waals surface area contributed by atoms with E-state index in [9.17, 15) is 0 Å². The summed E-state index contributed by atoms with van der Waals surface area (Å²) >= 11 is 0. The van der Waals surface area contributed by atoms with Crippen molar-refractivity contribution in [2.75, 3.05) is 0 Å². The van der Waals surface area contributed by atoms with Crippen LogP contribution in [-0.2, 0) is 0 Å². The Labute approximate surface area is 289 Å². The average molecular weight is 653 g/mol. The van der Waals surface area contributed by atoms with E-state index in [4.69, 9.17) is 23.8 Å². The van der Waals surface area contributed by atoms with Gasteiger partial charge in [0.15, 0.2) is 11.6 Å². The van der Waals surface area contributed by atoms with Gasteiger partial charge >= 0.3 is 0 Å². The van der Waals surface area contributed by atoms with Gasteiger partial charge in [-0.3, -0.25) is 4.57 Å². The molecular weight excluding hydrogens is 629 g/mol. The number of hydrogen-bond acceptors (Lipinski definition) is 5. The molecule has 0 aliphatic heterocycles. The van der Waals surface area contributed by atoms with Gasteiger partial charge in [-0.1, -0.05) is 103 Å². The maximum absolute atomic E-state index is 6.32. The molecule has 0 saturated carbocycles. The number of rotatable bonds is 3. The quantitative estimate of drug-likeness (QED) is 0.178. The van der Waals surface area contributed by atoms with Crippen LogP contribution in [0.25, 0.3) is 116 Å². The van der Waals surface area contributed by atoms with Crippen molar-refractivity contribution in [3.05, 3.63) is 146 Å². The number of para-hydroxylation sites is 2. The molecule has 8 aromatic carbocycles. The average Bonchev–Trinajstić information content (AvgIpc) is 3.87. The third-order valence-electron chi connectivity index (χ3n) is 10.4. The van der Waals surface area contributed by atoms with Crippen molar-refractivity contribution in [2.24, 2.45) is 0 Å². The molecule has 236 valence electrons. The molecule has 0 spiro atoms. The van der Waals surface area contributed by atoms with Gasteiger partial charge in [0, 0.05) is 43.4 Å². The third-order valence-corrected chi connectivity index (χ3v) is 10.4. The Morgan fingerprint density at radius 3 is 1.67 bits per heavy atom. The summed E-state index contributed by atoms with van der Waals surface area (Å²) in [6, 6.07) is 50.2. The summed E-state index contributed by atoms with van der Waals surface area (Å²) in [5, 5.41) is 11.4. The van der Waals surface area contributed by atoms with E-state index in [1.165, 1.54) is 32.3 Å². The first kappa shape index (κ1) is 26.9. The fraction of sp³-hybridized carbons (Fsp3) is 0. The van der Waals surface area contributed by atoms with Crippen LogP contribution in [0.3, 0.4) is 0 Å². The van der Waals surface area contributed by atoms with Crippen LogP contribution >= 0.6 is 0 Å². The lowest BCUT2D eigenvalue weighted by Gasteiger charge is -2.11. The molecule has 0 aliphatic rings. The molecule has 0 amide bonds. The van der Waals surface area contributed by atoms with Gasteiger partial charge in [0.05, 0.1) is 11.0 Å². The molecule has 0 atom stereocenters. The lowest BCUT2D eigenvalue weighted by Crippen LogP contribution is -2.06. The summed E-state index contributed by atoms with van der Waals surface area (Å²) in [6.07, 6.45) is 0. The Bertz CT molecular complexity index is 3300. The normalized spacial score (nSPS) is 12.3. The predicted molar refractivity (Wildman–Crippen MR) is 206 cm³/mol. The van der Waals surface area contributed by atoms with Crippen LogP contribution in [0, 0.1) is 0 Å². The summed E-state index contributed by atoms with van der Waals surface area (Å²) in [4.78, 5) is 15.8. The van der Waals surface area contributed by atoms with E-state index in [0.29, 0.717) is 17.6 Å². The zero-order chi connectivity index (χ0) is 33.2. The van der Waals surface area contributed by atoms with E-state index in [1.807, 2.05) is 54.6 Å². The summed E-state index contributed by atoms with van der Waals surface area (Å²) in [6.45, 7) is 0. The molecule has 12 rings (SSSR count). The van der Waals surface area contributed by atoms with Gasteiger partial charge in [0.2, 0.25) is 5.95 Å². The van der Waals surface area contributed by atoms with Gasteiger partial charge in [-0.25, -0.2) is 4.98 Å². The van der Waals surface area contributed by atoms with Gasteiger partial charge in [0.25, 0.3) is 0 Å². The number of nitrogens with zero attached hydrogens (tertiary/aromatic N) is 4. The molecule has 0 aliphatic carbocycles. The standard InChI is InChI=1S/C45H24N4O2/c1-2-11-27-26(10-1)30-14-7-17-34-41(30)42-31(27)15-8-18-35(42)49(34)45-47-43(25-22-23-29-28-12-3-5-19-36(28)51-39(29)24-25)46-44(48-45)33-16-9-21-38-40(33)32-13-4-6-20-37(32)50-38/h1-24H. The molecule has 51 heavy (non-hydrogen) atoms. The Morgan fingerprint density at radius 1 is 0.373 bits per heavy atom. The minimum Gasteiger partial charge on any atom is -0.456 e. The summed E-state index contributed by atoms with van der Waals surface area (Å²) < 4.78 is 14.8. The second-order valence-electron chi connectivity index (χ2n) is 13.1. The molecule has 4 aromatic heterocycles. The summed E-state index contributed by atoms with van der Waals surface area (Å²) in [5.74, 6) is 1.67. The van der Waals surface area contributed by atoms with E-state index in [-0.39, 0.29) is 0 Å². The molecule has 0 saturated heterocycles. The van der Waals surface area contributed by atoms with Crippen LogP contribution in [0.5, 0.6) is 0 Å². The van der Waals surface area contributed by atoms with E-state index >= 15 is 0 Å². The molecule has 6 heteroatoms. The monoisotopic (exact) mass is 652 g/mol. The topological polar surface area (TPSA) is 69.9 Å². The first-order chi connectivity index (χ1) is 25.3. The van der Waals surface area contributed by atoms with Crippen molar-refractivity contribution >= 4 is 87.2 Å². The maximum Gasteiger partial charge on any atom is 0.238 e. The van der Waals surface area contributed by atoms with Crippen LogP contribution in [0.4, 0.5) is 0 Å². The molecule has 0 N–H and O–H groups in total. The fourth-order valence-corrected chi connectivity index (χ4v) is 8.27. The first-order valence-electron chi connectivity index (χ1n) is 17.0. The van der Waals surface area contributed by atoms with Crippen molar-refractivity contribution in [1.29, 1.82) is 0 Å². The second kappa shape index (κ2) is 9.77. The van der Waals surface area contributed by atoms with Crippen molar-refractivity contribution in [3.63, 3.8) is 0 Å². The van der Waals surface area contributed by atoms with Crippen molar-refractivity contribution in [3.8, 4) is 28.7 Å². The lowest BCUT2D eigenvalue weighted by molar-refractivity contribution is 0.668. The molecule has 4 heterocycles. The number of hydrogen-bond donors (Lipinski definition) is 0. The van der Waals surface area contributed by atoms with Gasteiger partial charge in [-0.05, 0) is 64.0 Å². The van der Waals surface area contributed by atoms with E-state index < -0.39 is 0 Å². The summed E-state index contributed by atoms with van der Waals surface area (Å²) in [5.41, 5.74) is 7.07. The first-order valence-corrected chi connectivity index (χ1v) is 17.0. The van der Waals surface area contributed by atoms with Crippen molar-refractivity contribution in [1.82, 2.24) is 19.5 Å². The fourth-order valence-electron chi connectivity index (χ4n) is 8.27. The molecule has 0 unspecified atom stereocenters. The lowest BCUT2D eigenvalue weighted by atomic mass is 9.95. The maximum atomic E-state index is 6.32. The van der Waals surface area contributed by atoms with Gasteiger partial charge in [-0.15, -0.1) is 0 Å². The van der Waals surface area contributed by atoms with Gasteiger partial charge in [-0.2, -0.15) is 9.97 Å². The van der Waals surface area contributed by atoms with Crippen LogP contribution in [0.15, 0.2) is 154 Å². The zero-order valence-corrected chi connectivity index (χ0v) is 27.0. The molecule has 0 fully saturated rings. The summed E-state index contributed by atoms with van der Waals surface area (Å²) in [7, 11) is 0. The number of fused-ring (bicyclic) bond motifs is 9. The number of benzene rings is 8. The van der Waals surface area contributed by atoms with Gasteiger partial charge in [0.1, 0.15) is 22.3 Å². The number of aromatic nitrogens is 4. The Balaban J connectivity index is 1.20. The minimum absolute atomic E-state index is 0.546. The third kappa shape index (κ3) is 3.63. The zero-order valence-electron chi connectivity index (χ0n) is 27.0. The predicted octanol–water partition coefficient (Wildman–Crippen LogP) is 11.8. The van der Waals surface area contributed by atoms with E-state index in [2.05, 4.69) is 95.6 Å². The highest BCUT2D eigenvalue weighted by atomic mass is 16.3. The highest BCUT2D eigenvalue weighted by Gasteiger charge is 2.23. The molecule has 12 aromatic rings. The molecule has 0 bridgehead atoms. The van der Waals surface area contributed by atoms with E-state index in [0.717, 1.165) is 66.0 Å². The highest BCUT2D eigenvalue weighted by molar-refractivity contribution is 6.34. The van der Waals surface area contributed by atoms with Crippen LogP contribution in [0.2, 0.25) is 0 Å².